The van der Waals surface area contributed by atoms with E-state index in [-0.39, 0.29) is 18.1 Å². The Labute approximate surface area is 152 Å². The number of fused-ring (bicyclic) bond motifs is 1. The minimum Gasteiger partial charge on any atom is -0.372 e. The van der Waals surface area contributed by atoms with E-state index in [0.29, 0.717) is 16.7 Å². The van der Waals surface area contributed by atoms with Gasteiger partial charge in [0.25, 0.3) is 0 Å². The second kappa shape index (κ2) is 6.72. The Kier molecular flexibility index (Phi) is 4.24. The van der Waals surface area contributed by atoms with Crippen molar-refractivity contribution in [3.05, 3.63) is 60.2 Å². The summed E-state index contributed by atoms with van der Waals surface area (Å²) < 4.78 is 30.2. The Morgan fingerprint density at radius 3 is 2.81 bits per heavy atom. The third-order valence-electron chi connectivity index (χ3n) is 3.97. The highest BCUT2D eigenvalue weighted by atomic mass is 19.2. The van der Waals surface area contributed by atoms with E-state index >= 15 is 0 Å². The highest BCUT2D eigenvalue weighted by Gasteiger charge is 2.12. The van der Waals surface area contributed by atoms with E-state index < -0.39 is 17.9 Å². The van der Waals surface area contributed by atoms with Crippen LogP contribution >= 0.6 is 0 Å². The molecule has 0 spiro atoms. The van der Waals surface area contributed by atoms with Crippen LogP contribution in [0.1, 0.15) is 18.7 Å². The number of rotatable bonds is 5. The van der Waals surface area contributed by atoms with Crippen molar-refractivity contribution in [2.75, 3.05) is 5.32 Å². The lowest BCUT2D eigenvalue weighted by Crippen LogP contribution is -2.06. The highest BCUT2D eigenvalue weighted by Crippen LogP contribution is 2.19. The monoisotopic (exact) mass is 371 g/mol. The minimum absolute atomic E-state index is 0.0313. The maximum absolute atomic E-state index is 13.9. The molecule has 0 fully saturated rings. The lowest BCUT2D eigenvalue weighted by atomic mass is 10.2. The third kappa shape index (κ3) is 3.34. The van der Waals surface area contributed by atoms with Gasteiger partial charge in [0.2, 0.25) is 5.95 Å². The normalized spacial score (nSPS) is 12.4. The van der Waals surface area contributed by atoms with Crippen LogP contribution in [0.25, 0.3) is 11.0 Å². The number of aliphatic hydroxyl groups is 1. The molecule has 2 N–H and O–H groups in total. The van der Waals surface area contributed by atoms with Crippen molar-refractivity contribution in [3.8, 4) is 0 Å². The van der Waals surface area contributed by atoms with Gasteiger partial charge in [-0.2, -0.15) is 15.2 Å². The molecule has 0 aliphatic carbocycles. The summed E-state index contributed by atoms with van der Waals surface area (Å²) in [6.45, 7) is 1.62. The van der Waals surface area contributed by atoms with Crippen LogP contribution in [-0.2, 0) is 6.54 Å². The summed E-state index contributed by atoms with van der Waals surface area (Å²) in [5.41, 5.74) is 1.24. The fraction of sp³-hybridized carbons (Fsp3) is 0.176. The van der Waals surface area contributed by atoms with Crippen molar-refractivity contribution in [2.24, 2.45) is 0 Å². The quantitative estimate of drug-likeness (QED) is 0.560. The number of aliphatic hydroxyl groups excluding tert-OH is 1. The fourth-order valence-electron chi connectivity index (χ4n) is 2.61. The molecular weight excluding hydrogens is 356 g/mol. The number of aromatic nitrogens is 6. The smallest absolute Gasteiger partial charge is 0.229 e. The van der Waals surface area contributed by atoms with Crippen LogP contribution in [-0.4, -0.2) is 34.6 Å². The van der Waals surface area contributed by atoms with Crippen LogP contribution < -0.4 is 5.32 Å². The summed E-state index contributed by atoms with van der Waals surface area (Å²) in [4.78, 5) is 8.59. The average Bonchev–Trinajstić information content (AvgIpc) is 3.26. The molecule has 10 heteroatoms. The number of halogens is 2. The standard InChI is InChI=1S/C17H15F2N7O/c1-10(27)25-9-13(7-22-25)23-17-20-5-12-6-21-26(16(12)24-17)8-11-3-2-4-14(18)15(11)19/h2-7,9-10,27H,8H2,1H3,(H,20,23,24). The second-order valence-electron chi connectivity index (χ2n) is 5.95. The summed E-state index contributed by atoms with van der Waals surface area (Å²) in [6.07, 6.45) is 5.51. The maximum Gasteiger partial charge on any atom is 0.229 e. The van der Waals surface area contributed by atoms with Crippen molar-refractivity contribution >= 4 is 22.7 Å². The van der Waals surface area contributed by atoms with Gasteiger partial charge >= 0.3 is 0 Å². The van der Waals surface area contributed by atoms with Gasteiger partial charge in [-0.15, -0.1) is 0 Å². The molecule has 1 unspecified atom stereocenters. The van der Waals surface area contributed by atoms with E-state index in [1.54, 1.807) is 25.5 Å². The van der Waals surface area contributed by atoms with Crippen molar-refractivity contribution in [1.82, 2.24) is 29.5 Å². The van der Waals surface area contributed by atoms with Gasteiger partial charge in [0.05, 0.1) is 36.2 Å². The molecule has 3 aromatic heterocycles. The van der Waals surface area contributed by atoms with Crippen molar-refractivity contribution in [2.45, 2.75) is 19.7 Å². The number of nitrogens with one attached hydrogen (secondary N) is 1. The minimum atomic E-state index is -0.906. The first kappa shape index (κ1) is 17.0. The van der Waals surface area contributed by atoms with Gasteiger partial charge in [0.15, 0.2) is 17.3 Å². The van der Waals surface area contributed by atoms with Crippen LogP contribution in [0, 0.1) is 11.6 Å². The van der Waals surface area contributed by atoms with Gasteiger partial charge in [-0.05, 0) is 13.0 Å². The SMILES string of the molecule is CC(O)n1cc(Nc2ncc3cnn(Cc4cccc(F)c4F)c3n2)cn1. The maximum atomic E-state index is 13.9. The molecule has 0 amide bonds. The third-order valence-corrected chi connectivity index (χ3v) is 3.97. The number of benzene rings is 1. The second-order valence-corrected chi connectivity index (χ2v) is 5.95. The summed E-state index contributed by atoms with van der Waals surface area (Å²) in [5, 5.41) is 21.3. The summed E-state index contributed by atoms with van der Waals surface area (Å²) in [7, 11) is 0. The lowest BCUT2D eigenvalue weighted by Gasteiger charge is -2.06. The van der Waals surface area contributed by atoms with Gasteiger partial charge in [0.1, 0.15) is 6.23 Å². The van der Waals surface area contributed by atoms with Crippen LogP contribution in [0.15, 0.2) is 43.0 Å². The van der Waals surface area contributed by atoms with Crippen molar-refractivity contribution in [1.29, 1.82) is 0 Å². The molecule has 0 bridgehead atoms. The zero-order valence-electron chi connectivity index (χ0n) is 14.2. The first-order chi connectivity index (χ1) is 13.0. The molecule has 3 heterocycles. The predicted octanol–water partition coefficient (Wildman–Crippen LogP) is 2.60. The summed E-state index contributed by atoms with van der Waals surface area (Å²) in [5.74, 6) is -1.52. The highest BCUT2D eigenvalue weighted by molar-refractivity contribution is 5.75. The van der Waals surface area contributed by atoms with Crippen molar-refractivity contribution < 1.29 is 13.9 Å². The molecule has 0 aliphatic heterocycles. The van der Waals surface area contributed by atoms with Gasteiger partial charge < -0.3 is 10.4 Å². The van der Waals surface area contributed by atoms with E-state index in [1.165, 1.54) is 27.7 Å². The molecule has 8 nitrogen and oxygen atoms in total. The van der Waals surface area contributed by atoms with Crippen LogP contribution in [0.2, 0.25) is 0 Å². The molecule has 27 heavy (non-hydrogen) atoms. The number of anilines is 2. The van der Waals surface area contributed by atoms with E-state index in [2.05, 4.69) is 25.5 Å². The number of nitrogens with zero attached hydrogens (tertiary/aromatic N) is 6. The fourth-order valence-corrected chi connectivity index (χ4v) is 2.61. The first-order valence-corrected chi connectivity index (χ1v) is 8.12. The number of hydrogen-bond donors (Lipinski definition) is 2. The van der Waals surface area contributed by atoms with Crippen LogP contribution in [0.5, 0.6) is 0 Å². The zero-order chi connectivity index (χ0) is 19.0. The molecule has 1 atom stereocenters. The predicted molar refractivity (Wildman–Crippen MR) is 93.2 cm³/mol. The molecule has 0 radical (unpaired) electrons. The Morgan fingerprint density at radius 2 is 2.04 bits per heavy atom. The molecule has 0 aliphatic rings. The Balaban J connectivity index is 1.63. The molecule has 0 saturated heterocycles. The Morgan fingerprint density at radius 1 is 1.19 bits per heavy atom. The topological polar surface area (TPSA) is 93.7 Å². The average molecular weight is 371 g/mol. The molecule has 1 aromatic carbocycles. The zero-order valence-corrected chi connectivity index (χ0v) is 14.2. The van der Waals surface area contributed by atoms with E-state index in [9.17, 15) is 13.9 Å². The van der Waals surface area contributed by atoms with E-state index in [1.807, 2.05) is 0 Å². The van der Waals surface area contributed by atoms with E-state index in [4.69, 9.17) is 0 Å². The molecule has 4 rings (SSSR count). The van der Waals surface area contributed by atoms with Crippen LogP contribution in [0.4, 0.5) is 20.4 Å². The Bertz CT molecular complexity index is 1110. The summed E-state index contributed by atoms with van der Waals surface area (Å²) in [6, 6.07) is 4.01. The Hall–Kier alpha value is -3.40. The van der Waals surface area contributed by atoms with Gasteiger partial charge in [0, 0.05) is 11.8 Å². The van der Waals surface area contributed by atoms with Crippen molar-refractivity contribution in [3.63, 3.8) is 0 Å². The van der Waals surface area contributed by atoms with Gasteiger partial charge in [-0.25, -0.2) is 23.1 Å². The van der Waals surface area contributed by atoms with Gasteiger partial charge in [-0.3, -0.25) is 0 Å². The molecule has 4 aromatic rings. The first-order valence-electron chi connectivity index (χ1n) is 8.12. The lowest BCUT2D eigenvalue weighted by molar-refractivity contribution is 0.111. The molecular formula is C17H15F2N7O. The van der Waals surface area contributed by atoms with E-state index in [0.717, 1.165) is 6.07 Å². The number of hydrogen-bond acceptors (Lipinski definition) is 6. The van der Waals surface area contributed by atoms with Gasteiger partial charge in [-0.1, -0.05) is 12.1 Å². The van der Waals surface area contributed by atoms with Crippen LogP contribution in [0.3, 0.4) is 0 Å². The largest absolute Gasteiger partial charge is 0.372 e. The molecule has 138 valence electrons. The summed E-state index contributed by atoms with van der Waals surface area (Å²) >= 11 is 0. The molecule has 0 saturated carbocycles.